The van der Waals surface area contributed by atoms with Crippen LogP contribution in [0.25, 0.3) is 10.2 Å². The molecule has 2 rings (SSSR count). The van der Waals surface area contributed by atoms with Gasteiger partial charge in [-0.05, 0) is 31.4 Å². The number of hydrogen-bond acceptors (Lipinski definition) is 6. The molecule has 1 aromatic heterocycles. The Morgan fingerprint density at radius 2 is 1.30 bits per heavy atom. The van der Waals surface area contributed by atoms with Gasteiger partial charge in [0.1, 0.15) is 5.52 Å². The second-order valence-corrected chi connectivity index (χ2v) is 15.6. The van der Waals surface area contributed by atoms with Gasteiger partial charge in [0.25, 0.3) is 0 Å². The van der Waals surface area contributed by atoms with E-state index in [1.54, 1.807) is 30.1 Å². The molecule has 0 spiro atoms. The van der Waals surface area contributed by atoms with Crippen molar-refractivity contribution in [2.75, 3.05) is 37.3 Å². The first kappa shape index (κ1) is 41.4. The SMILES string of the molecule is CCCCCCCCCCCCCCCCCCNC(=O)C(CSc1nc2c(N(CCCC)CCCC)cccc2s1)CC(=O)NC. The third kappa shape index (κ3) is 18.0. The van der Waals surface area contributed by atoms with Gasteiger partial charge in [-0.15, -0.1) is 11.3 Å². The fourth-order valence-electron chi connectivity index (χ4n) is 6.04. The van der Waals surface area contributed by atoms with Crippen molar-refractivity contribution < 1.29 is 9.59 Å². The first-order valence-electron chi connectivity index (χ1n) is 19.3. The van der Waals surface area contributed by atoms with Gasteiger partial charge in [0.05, 0.1) is 16.3 Å². The highest BCUT2D eigenvalue weighted by molar-refractivity contribution is 8.01. The minimum absolute atomic E-state index is 0.0193. The number of fused-ring (bicyclic) bond motifs is 1. The van der Waals surface area contributed by atoms with E-state index in [0.29, 0.717) is 12.3 Å². The van der Waals surface area contributed by atoms with Crippen LogP contribution < -0.4 is 15.5 Å². The van der Waals surface area contributed by atoms with Crippen LogP contribution in [0.2, 0.25) is 0 Å². The van der Waals surface area contributed by atoms with Gasteiger partial charge in [-0.2, -0.15) is 0 Å². The Labute approximate surface area is 296 Å². The average Bonchev–Trinajstić information content (AvgIpc) is 3.51. The van der Waals surface area contributed by atoms with E-state index in [0.717, 1.165) is 35.8 Å². The Balaban J connectivity index is 1.71. The molecule has 2 aromatic rings. The maximum Gasteiger partial charge on any atom is 0.224 e. The number of carbonyl (C=O) groups excluding carboxylic acids is 2. The molecule has 0 saturated carbocycles. The number of nitrogens with zero attached hydrogens (tertiary/aromatic N) is 2. The lowest BCUT2D eigenvalue weighted by molar-refractivity contribution is -0.129. The van der Waals surface area contributed by atoms with Gasteiger partial charge in [-0.3, -0.25) is 9.59 Å². The van der Waals surface area contributed by atoms with Crippen molar-refractivity contribution in [3.8, 4) is 0 Å². The number of anilines is 1. The van der Waals surface area contributed by atoms with Gasteiger partial charge in [-0.1, -0.05) is 148 Å². The molecule has 0 aliphatic heterocycles. The monoisotopic (exact) mass is 688 g/mol. The summed E-state index contributed by atoms with van der Waals surface area (Å²) in [5.41, 5.74) is 2.27. The summed E-state index contributed by atoms with van der Waals surface area (Å²) < 4.78 is 2.14. The summed E-state index contributed by atoms with van der Waals surface area (Å²) in [5.74, 6) is 0.0532. The first-order valence-corrected chi connectivity index (χ1v) is 21.1. The Bertz CT molecular complexity index is 1080. The van der Waals surface area contributed by atoms with Crippen molar-refractivity contribution in [2.45, 2.75) is 160 Å². The quantitative estimate of drug-likeness (QED) is 0.0631. The lowest BCUT2D eigenvalue weighted by atomic mass is 10.0. The molecule has 6 nitrogen and oxygen atoms in total. The minimum Gasteiger partial charge on any atom is -0.370 e. The smallest absolute Gasteiger partial charge is 0.224 e. The maximum absolute atomic E-state index is 13.2. The molecule has 0 saturated heterocycles. The molecule has 8 heteroatoms. The van der Waals surface area contributed by atoms with Crippen LogP contribution in [-0.2, 0) is 9.59 Å². The van der Waals surface area contributed by atoms with Crippen molar-refractivity contribution in [1.29, 1.82) is 0 Å². The Kier molecular flexibility index (Phi) is 23.8. The number of para-hydroxylation sites is 1. The number of unbranched alkanes of at least 4 members (excludes halogenated alkanes) is 17. The van der Waals surface area contributed by atoms with Crippen LogP contribution in [-0.4, -0.2) is 49.2 Å². The normalized spacial score (nSPS) is 12.0. The molecule has 47 heavy (non-hydrogen) atoms. The Morgan fingerprint density at radius 1 is 0.766 bits per heavy atom. The molecule has 1 heterocycles. The van der Waals surface area contributed by atoms with Gasteiger partial charge in [0.15, 0.2) is 4.34 Å². The topological polar surface area (TPSA) is 74.3 Å². The summed E-state index contributed by atoms with van der Waals surface area (Å²) in [7, 11) is 1.64. The van der Waals surface area contributed by atoms with E-state index in [4.69, 9.17) is 4.98 Å². The van der Waals surface area contributed by atoms with Crippen molar-refractivity contribution in [3.63, 3.8) is 0 Å². The van der Waals surface area contributed by atoms with E-state index in [9.17, 15) is 9.59 Å². The molecule has 1 atom stereocenters. The summed E-state index contributed by atoms with van der Waals surface area (Å²) >= 11 is 3.29. The number of amides is 2. The van der Waals surface area contributed by atoms with Crippen molar-refractivity contribution >= 4 is 50.8 Å². The first-order chi connectivity index (χ1) is 23.0. The van der Waals surface area contributed by atoms with Crippen LogP contribution in [0.3, 0.4) is 0 Å². The van der Waals surface area contributed by atoms with Crippen LogP contribution in [0.5, 0.6) is 0 Å². The maximum atomic E-state index is 13.2. The molecular weight excluding hydrogens is 621 g/mol. The number of rotatable bonds is 30. The van der Waals surface area contributed by atoms with Crippen LogP contribution in [0.4, 0.5) is 5.69 Å². The number of thiazole rings is 1. The predicted octanol–water partition coefficient (Wildman–Crippen LogP) is 10.9. The summed E-state index contributed by atoms with van der Waals surface area (Å²) in [4.78, 5) is 33.0. The number of thioether (sulfide) groups is 1. The third-order valence-corrected chi connectivity index (χ3v) is 11.4. The molecule has 1 unspecified atom stereocenters. The van der Waals surface area contributed by atoms with Gasteiger partial charge >= 0.3 is 0 Å². The highest BCUT2D eigenvalue weighted by atomic mass is 32.2. The number of benzene rings is 1. The third-order valence-electron chi connectivity index (χ3n) is 9.10. The lowest BCUT2D eigenvalue weighted by Gasteiger charge is -2.25. The van der Waals surface area contributed by atoms with Gasteiger partial charge in [0, 0.05) is 38.9 Å². The second-order valence-electron chi connectivity index (χ2n) is 13.3. The zero-order valence-corrected chi connectivity index (χ0v) is 32.1. The van der Waals surface area contributed by atoms with E-state index in [1.807, 2.05) is 0 Å². The van der Waals surface area contributed by atoms with Gasteiger partial charge in [-0.25, -0.2) is 4.98 Å². The summed E-state index contributed by atoms with van der Waals surface area (Å²) in [6.07, 6.45) is 26.3. The number of nitrogens with one attached hydrogen (secondary N) is 2. The van der Waals surface area contributed by atoms with Gasteiger partial charge in [0.2, 0.25) is 11.8 Å². The lowest BCUT2D eigenvalue weighted by Crippen LogP contribution is -2.36. The van der Waals surface area contributed by atoms with Gasteiger partial charge < -0.3 is 15.5 Å². The molecule has 268 valence electrons. The molecule has 0 bridgehead atoms. The number of carbonyl (C=O) groups is 2. The predicted molar refractivity (Wildman–Crippen MR) is 207 cm³/mol. The molecule has 2 N–H and O–H groups in total. The fraction of sp³-hybridized carbons (Fsp3) is 0.769. The standard InChI is InChI=1S/C39H68N4O2S2/c1-5-8-11-12-13-14-15-16-17-18-19-20-21-22-23-24-28-41-38(45)33(31-36(44)40-4)32-46-39-42-37-34(26-25-27-35(37)47-39)43(29-9-6-2)30-10-7-3/h25-27,33H,5-24,28-32H2,1-4H3,(H,40,44)(H,41,45). The van der Waals surface area contributed by atoms with E-state index in [2.05, 4.69) is 54.5 Å². The van der Waals surface area contributed by atoms with Crippen LogP contribution in [0.1, 0.15) is 156 Å². The molecule has 0 radical (unpaired) electrons. The largest absolute Gasteiger partial charge is 0.370 e. The summed E-state index contributed by atoms with van der Waals surface area (Å²) in [6, 6.07) is 6.48. The van der Waals surface area contributed by atoms with Crippen molar-refractivity contribution in [3.05, 3.63) is 18.2 Å². The highest BCUT2D eigenvalue weighted by Crippen LogP contribution is 2.36. The molecule has 1 aromatic carbocycles. The van der Waals surface area contributed by atoms with E-state index in [1.165, 1.54) is 126 Å². The zero-order chi connectivity index (χ0) is 34.0. The number of aromatic nitrogens is 1. The molecule has 0 aliphatic carbocycles. The van der Waals surface area contributed by atoms with Crippen molar-refractivity contribution in [2.24, 2.45) is 5.92 Å². The summed E-state index contributed by atoms with van der Waals surface area (Å²) in [6.45, 7) is 9.53. The Morgan fingerprint density at radius 3 is 1.83 bits per heavy atom. The molecular formula is C39H68N4O2S2. The van der Waals surface area contributed by atoms with Crippen LogP contribution in [0.15, 0.2) is 22.5 Å². The average molecular weight is 689 g/mol. The van der Waals surface area contributed by atoms with E-state index < -0.39 is 0 Å². The molecule has 0 aliphatic rings. The fourth-order valence-corrected chi connectivity index (χ4v) is 8.23. The van der Waals surface area contributed by atoms with Crippen molar-refractivity contribution in [1.82, 2.24) is 15.6 Å². The van der Waals surface area contributed by atoms with Crippen LogP contribution >= 0.6 is 23.1 Å². The van der Waals surface area contributed by atoms with E-state index in [-0.39, 0.29) is 24.2 Å². The second kappa shape index (κ2) is 27.1. The molecule has 2 amide bonds. The minimum atomic E-state index is -0.377. The van der Waals surface area contributed by atoms with E-state index >= 15 is 0 Å². The summed E-state index contributed by atoms with van der Waals surface area (Å²) in [5, 5.41) is 5.83. The molecule has 0 fully saturated rings. The zero-order valence-electron chi connectivity index (χ0n) is 30.5. The van der Waals surface area contributed by atoms with Crippen LogP contribution in [0, 0.1) is 5.92 Å². The number of hydrogen-bond donors (Lipinski definition) is 2. The highest BCUT2D eigenvalue weighted by Gasteiger charge is 2.23. The Hall–Kier alpha value is -1.80.